The SMILES string of the molecule is CC1CCC2C=CC=CC=C2O1. The average molecular weight is 162 g/mol. The van der Waals surface area contributed by atoms with Crippen LogP contribution in [0.1, 0.15) is 19.8 Å². The van der Waals surface area contributed by atoms with Gasteiger partial charge in [0.2, 0.25) is 0 Å². The first kappa shape index (κ1) is 7.66. The molecule has 64 valence electrons. The summed E-state index contributed by atoms with van der Waals surface area (Å²) < 4.78 is 5.73. The molecule has 0 radical (unpaired) electrons. The second-order valence-corrected chi connectivity index (χ2v) is 3.45. The maximum atomic E-state index is 5.73. The molecule has 0 amide bonds. The Morgan fingerprint density at radius 2 is 2.17 bits per heavy atom. The summed E-state index contributed by atoms with van der Waals surface area (Å²) in [4.78, 5) is 0. The molecule has 0 aromatic carbocycles. The Balaban J connectivity index is 2.19. The lowest BCUT2D eigenvalue weighted by Gasteiger charge is -2.28. The molecule has 2 rings (SSSR count). The molecule has 0 bridgehead atoms. The van der Waals surface area contributed by atoms with E-state index in [0.29, 0.717) is 12.0 Å². The Bertz CT molecular complexity index is 248. The third-order valence-electron chi connectivity index (χ3n) is 2.41. The minimum absolute atomic E-state index is 0.396. The Kier molecular flexibility index (Phi) is 2.03. The molecule has 2 unspecified atom stereocenters. The predicted molar refractivity (Wildman–Crippen MR) is 49.6 cm³/mol. The lowest BCUT2D eigenvalue weighted by atomic mass is 9.95. The molecule has 0 N–H and O–H groups in total. The zero-order chi connectivity index (χ0) is 8.39. The van der Waals surface area contributed by atoms with Crippen LogP contribution >= 0.6 is 0 Å². The highest BCUT2D eigenvalue weighted by atomic mass is 16.5. The maximum Gasteiger partial charge on any atom is 0.103 e. The lowest BCUT2D eigenvalue weighted by molar-refractivity contribution is 0.0701. The van der Waals surface area contributed by atoms with Gasteiger partial charge in [-0.05, 0) is 25.8 Å². The fourth-order valence-electron chi connectivity index (χ4n) is 1.70. The Morgan fingerprint density at radius 3 is 3.08 bits per heavy atom. The van der Waals surface area contributed by atoms with Gasteiger partial charge < -0.3 is 4.74 Å². The highest BCUT2D eigenvalue weighted by molar-refractivity contribution is 5.24. The first-order chi connectivity index (χ1) is 5.86. The van der Waals surface area contributed by atoms with E-state index in [0.717, 1.165) is 5.76 Å². The summed E-state index contributed by atoms with van der Waals surface area (Å²) in [6.45, 7) is 2.13. The van der Waals surface area contributed by atoms with Gasteiger partial charge in [0.15, 0.2) is 0 Å². The number of allylic oxidation sites excluding steroid dienone is 5. The van der Waals surface area contributed by atoms with Crippen molar-refractivity contribution in [3.05, 3.63) is 36.1 Å². The van der Waals surface area contributed by atoms with Gasteiger partial charge in [-0.3, -0.25) is 0 Å². The Labute approximate surface area is 73.4 Å². The zero-order valence-corrected chi connectivity index (χ0v) is 7.36. The number of fused-ring (bicyclic) bond motifs is 1. The van der Waals surface area contributed by atoms with Crippen LogP contribution in [-0.4, -0.2) is 6.10 Å². The molecule has 1 aliphatic carbocycles. The van der Waals surface area contributed by atoms with E-state index in [2.05, 4.69) is 31.2 Å². The summed E-state index contributed by atoms with van der Waals surface area (Å²) in [6.07, 6.45) is 13.3. The van der Waals surface area contributed by atoms with Gasteiger partial charge in [0.05, 0.1) is 6.10 Å². The van der Waals surface area contributed by atoms with Gasteiger partial charge in [-0.2, -0.15) is 0 Å². The van der Waals surface area contributed by atoms with Crippen LogP contribution in [0.2, 0.25) is 0 Å². The Hall–Kier alpha value is -0.980. The van der Waals surface area contributed by atoms with E-state index in [-0.39, 0.29) is 0 Å². The van der Waals surface area contributed by atoms with Gasteiger partial charge in [0.25, 0.3) is 0 Å². The molecule has 1 fully saturated rings. The van der Waals surface area contributed by atoms with E-state index < -0.39 is 0 Å². The maximum absolute atomic E-state index is 5.73. The van der Waals surface area contributed by atoms with E-state index in [1.165, 1.54) is 12.8 Å². The Morgan fingerprint density at radius 1 is 1.25 bits per heavy atom. The van der Waals surface area contributed by atoms with Crippen molar-refractivity contribution in [1.82, 2.24) is 0 Å². The summed E-state index contributed by atoms with van der Waals surface area (Å²) in [5.74, 6) is 1.66. The average Bonchev–Trinajstić information content (AvgIpc) is 2.28. The third-order valence-corrected chi connectivity index (χ3v) is 2.41. The van der Waals surface area contributed by atoms with Crippen molar-refractivity contribution in [1.29, 1.82) is 0 Å². The van der Waals surface area contributed by atoms with Gasteiger partial charge in [-0.25, -0.2) is 0 Å². The monoisotopic (exact) mass is 162 g/mol. The van der Waals surface area contributed by atoms with Crippen molar-refractivity contribution in [2.45, 2.75) is 25.9 Å². The van der Waals surface area contributed by atoms with Crippen molar-refractivity contribution in [3.8, 4) is 0 Å². The molecular formula is C11H14O. The molecule has 2 aliphatic rings. The van der Waals surface area contributed by atoms with Gasteiger partial charge in [-0.1, -0.05) is 24.3 Å². The number of hydrogen-bond acceptors (Lipinski definition) is 1. The first-order valence-corrected chi connectivity index (χ1v) is 4.58. The second-order valence-electron chi connectivity index (χ2n) is 3.45. The quantitative estimate of drug-likeness (QED) is 0.532. The fourth-order valence-corrected chi connectivity index (χ4v) is 1.70. The summed E-state index contributed by atoms with van der Waals surface area (Å²) in [5, 5.41) is 0. The summed E-state index contributed by atoms with van der Waals surface area (Å²) in [5.41, 5.74) is 0. The second kappa shape index (κ2) is 3.18. The molecule has 1 aliphatic heterocycles. The van der Waals surface area contributed by atoms with Gasteiger partial charge in [0.1, 0.15) is 5.76 Å². The molecular weight excluding hydrogens is 148 g/mol. The number of ether oxygens (including phenoxy) is 1. The zero-order valence-electron chi connectivity index (χ0n) is 7.36. The third kappa shape index (κ3) is 1.45. The van der Waals surface area contributed by atoms with E-state index in [1.807, 2.05) is 6.08 Å². The summed E-state index contributed by atoms with van der Waals surface area (Å²) >= 11 is 0. The molecule has 1 saturated heterocycles. The molecule has 0 aromatic heterocycles. The highest BCUT2D eigenvalue weighted by Gasteiger charge is 2.21. The molecule has 1 heterocycles. The van der Waals surface area contributed by atoms with Crippen LogP contribution < -0.4 is 0 Å². The molecule has 1 nitrogen and oxygen atoms in total. The molecule has 0 spiro atoms. The van der Waals surface area contributed by atoms with Crippen molar-refractivity contribution < 1.29 is 4.74 Å². The van der Waals surface area contributed by atoms with Crippen LogP contribution in [0.25, 0.3) is 0 Å². The smallest absolute Gasteiger partial charge is 0.103 e. The van der Waals surface area contributed by atoms with Gasteiger partial charge in [0, 0.05) is 5.92 Å². The van der Waals surface area contributed by atoms with Crippen molar-refractivity contribution >= 4 is 0 Å². The number of hydrogen-bond donors (Lipinski definition) is 0. The fraction of sp³-hybridized carbons (Fsp3) is 0.455. The van der Waals surface area contributed by atoms with Crippen molar-refractivity contribution in [2.24, 2.45) is 5.92 Å². The minimum atomic E-state index is 0.396. The van der Waals surface area contributed by atoms with E-state index in [4.69, 9.17) is 4.74 Å². The first-order valence-electron chi connectivity index (χ1n) is 4.58. The molecule has 0 saturated carbocycles. The van der Waals surface area contributed by atoms with Crippen LogP contribution in [0.15, 0.2) is 36.1 Å². The summed E-state index contributed by atoms with van der Waals surface area (Å²) in [7, 11) is 0. The van der Waals surface area contributed by atoms with Crippen LogP contribution in [-0.2, 0) is 4.74 Å². The minimum Gasteiger partial charge on any atom is -0.494 e. The van der Waals surface area contributed by atoms with E-state index in [1.54, 1.807) is 0 Å². The standard InChI is InChI=1S/C11H14O/c1-9-7-8-10-5-3-2-4-6-11(10)12-9/h2-6,9-10H,7-8H2,1H3. The van der Waals surface area contributed by atoms with Gasteiger partial charge in [-0.15, -0.1) is 0 Å². The van der Waals surface area contributed by atoms with Crippen LogP contribution in [0, 0.1) is 5.92 Å². The predicted octanol–water partition coefficient (Wildman–Crippen LogP) is 2.81. The number of rotatable bonds is 0. The highest BCUT2D eigenvalue weighted by Crippen LogP contribution is 2.29. The van der Waals surface area contributed by atoms with Crippen LogP contribution in [0.4, 0.5) is 0 Å². The van der Waals surface area contributed by atoms with E-state index in [9.17, 15) is 0 Å². The largest absolute Gasteiger partial charge is 0.494 e. The normalized spacial score (nSPS) is 33.2. The van der Waals surface area contributed by atoms with Crippen molar-refractivity contribution in [2.75, 3.05) is 0 Å². The topological polar surface area (TPSA) is 9.23 Å². The van der Waals surface area contributed by atoms with Gasteiger partial charge >= 0.3 is 0 Å². The molecule has 1 heteroatoms. The molecule has 0 aromatic rings. The van der Waals surface area contributed by atoms with Crippen molar-refractivity contribution in [3.63, 3.8) is 0 Å². The summed E-state index contributed by atoms with van der Waals surface area (Å²) in [6, 6.07) is 0. The lowest BCUT2D eigenvalue weighted by Crippen LogP contribution is -2.20. The van der Waals surface area contributed by atoms with E-state index >= 15 is 0 Å². The van der Waals surface area contributed by atoms with Crippen LogP contribution in [0.3, 0.4) is 0 Å². The van der Waals surface area contributed by atoms with Crippen LogP contribution in [0.5, 0.6) is 0 Å². The molecule has 2 atom stereocenters. The molecule has 12 heavy (non-hydrogen) atoms.